The van der Waals surface area contributed by atoms with E-state index in [9.17, 15) is 4.79 Å². The predicted molar refractivity (Wildman–Crippen MR) is 111 cm³/mol. The summed E-state index contributed by atoms with van der Waals surface area (Å²) in [5.41, 5.74) is 9.05. The molecule has 1 unspecified atom stereocenters. The Labute approximate surface area is 170 Å². The van der Waals surface area contributed by atoms with Gasteiger partial charge in [0.2, 0.25) is 0 Å². The Balaban J connectivity index is 1.55. The highest BCUT2D eigenvalue weighted by molar-refractivity contribution is 5.84. The molecular weight excluding hydrogens is 364 g/mol. The summed E-state index contributed by atoms with van der Waals surface area (Å²) in [6.45, 7) is 2.42. The predicted octanol–water partition coefficient (Wildman–Crippen LogP) is 2.44. The first kappa shape index (κ1) is 19.2. The topological polar surface area (TPSA) is 81.3 Å². The summed E-state index contributed by atoms with van der Waals surface area (Å²) in [7, 11) is 0. The van der Waals surface area contributed by atoms with Crippen LogP contribution in [0.4, 0.5) is 0 Å². The van der Waals surface area contributed by atoms with Gasteiger partial charge in [-0.15, -0.1) is 0 Å². The highest BCUT2D eigenvalue weighted by atomic mass is 16.5. The Kier molecular flexibility index (Phi) is 5.64. The smallest absolute Gasteiger partial charge is 0.251 e. The van der Waals surface area contributed by atoms with Crippen LogP contribution in [0.5, 0.6) is 0 Å². The lowest BCUT2D eigenvalue weighted by molar-refractivity contribution is -0.157. The quantitative estimate of drug-likeness (QED) is 0.701. The van der Waals surface area contributed by atoms with Crippen LogP contribution in [-0.2, 0) is 22.5 Å². The lowest BCUT2D eigenvalue weighted by Gasteiger charge is -2.41. The second-order valence-corrected chi connectivity index (χ2v) is 7.39. The molecule has 1 aliphatic heterocycles. The van der Waals surface area contributed by atoms with Crippen LogP contribution in [-0.4, -0.2) is 46.1 Å². The van der Waals surface area contributed by atoms with Crippen LogP contribution in [0.3, 0.4) is 0 Å². The fourth-order valence-corrected chi connectivity index (χ4v) is 3.80. The number of hydrogen-bond donors (Lipinski definition) is 1. The number of nitrogens with two attached hydrogens (primary N) is 1. The third-order valence-corrected chi connectivity index (χ3v) is 5.28. The van der Waals surface area contributed by atoms with E-state index in [-0.39, 0.29) is 0 Å². The summed E-state index contributed by atoms with van der Waals surface area (Å²) in [5.74, 6) is -0.427. The normalized spacial score (nSPS) is 19.7. The summed E-state index contributed by atoms with van der Waals surface area (Å²) in [6, 6.07) is 16.0. The van der Waals surface area contributed by atoms with E-state index in [1.165, 1.54) is 0 Å². The fraction of sp³-hybridized carbons (Fsp3) is 0.261. The van der Waals surface area contributed by atoms with Crippen molar-refractivity contribution in [3.63, 3.8) is 0 Å². The van der Waals surface area contributed by atoms with Crippen LogP contribution in [0.25, 0.3) is 11.1 Å². The van der Waals surface area contributed by atoms with Gasteiger partial charge in [-0.25, -0.2) is 0 Å². The maximum Gasteiger partial charge on any atom is 0.251 e. The molecule has 1 fully saturated rings. The molecule has 6 heteroatoms. The minimum atomic E-state index is -1.04. The summed E-state index contributed by atoms with van der Waals surface area (Å²) >= 11 is 0. The van der Waals surface area contributed by atoms with Gasteiger partial charge in [-0.05, 0) is 40.5 Å². The first-order chi connectivity index (χ1) is 14.1. The Morgan fingerprint density at radius 1 is 1.03 bits per heavy atom. The second kappa shape index (κ2) is 8.51. The zero-order valence-electron chi connectivity index (χ0n) is 16.2. The monoisotopic (exact) mass is 388 g/mol. The summed E-state index contributed by atoms with van der Waals surface area (Å²) in [4.78, 5) is 23.0. The van der Waals surface area contributed by atoms with E-state index < -0.39 is 11.5 Å². The van der Waals surface area contributed by atoms with Gasteiger partial charge in [-0.1, -0.05) is 30.3 Å². The molecule has 1 aromatic carbocycles. The largest absolute Gasteiger partial charge is 0.367 e. The highest BCUT2D eigenvalue weighted by Gasteiger charge is 2.42. The number of ether oxygens (including phenoxy) is 1. The number of carbonyl (C=O) groups is 1. The van der Waals surface area contributed by atoms with Crippen LogP contribution < -0.4 is 5.73 Å². The van der Waals surface area contributed by atoms with Crippen molar-refractivity contribution in [1.82, 2.24) is 14.9 Å². The number of amides is 1. The molecule has 0 radical (unpaired) electrons. The SMILES string of the molecule is NC(=O)C1(Cc2cccc(-c3cccnc3)c2)CN(Cc2ccncc2)CCO1. The molecule has 3 heterocycles. The van der Waals surface area contributed by atoms with Gasteiger partial charge in [-0.2, -0.15) is 0 Å². The first-order valence-corrected chi connectivity index (χ1v) is 9.69. The zero-order chi connectivity index (χ0) is 20.1. The second-order valence-electron chi connectivity index (χ2n) is 7.39. The Bertz CT molecular complexity index is 965. The number of pyridine rings is 2. The number of morpholine rings is 1. The van der Waals surface area contributed by atoms with Crippen molar-refractivity contribution in [2.24, 2.45) is 5.73 Å². The molecule has 1 amide bonds. The van der Waals surface area contributed by atoms with Crippen LogP contribution >= 0.6 is 0 Å². The molecule has 2 N–H and O–H groups in total. The third kappa shape index (κ3) is 4.50. The van der Waals surface area contributed by atoms with Crippen molar-refractivity contribution in [1.29, 1.82) is 0 Å². The van der Waals surface area contributed by atoms with Gasteiger partial charge >= 0.3 is 0 Å². The maximum atomic E-state index is 12.5. The molecule has 1 atom stereocenters. The number of rotatable bonds is 6. The fourth-order valence-electron chi connectivity index (χ4n) is 3.80. The summed E-state index contributed by atoms with van der Waals surface area (Å²) in [6.07, 6.45) is 7.57. The van der Waals surface area contributed by atoms with Gasteiger partial charge in [0.15, 0.2) is 5.60 Å². The first-order valence-electron chi connectivity index (χ1n) is 9.69. The van der Waals surface area contributed by atoms with Crippen molar-refractivity contribution >= 4 is 5.91 Å². The molecule has 2 aromatic heterocycles. The van der Waals surface area contributed by atoms with E-state index >= 15 is 0 Å². The molecule has 6 nitrogen and oxygen atoms in total. The molecule has 1 aliphatic rings. The van der Waals surface area contributed by atoms with Gasteiger partial charge in [0.25, 0.3) is 5.91 Å². The van der Waals surface area contributed by atoms with Crippen LogP contribution in [0.1, 0.15) is 11.1 Å². The van der Waals surface area contributed by atoms with Gasteiger partial charge < -0.3 is 10.5 Å². The molecule has 1 saturated heterocycles. The highest BCUT2D eigenvalue weighted by Crippen LogP contribution is 2.27. The minimum Gasteiger partial charge on any atom is -0.367 e. The Hall–Kier alpha value is -3.09. The molecule has 0 bridgehead atoms. The number of hydrogen-bond acceptors (Lipinski definition) is 5. The van der Waals surface area contributed by atoms with E-state index in [1.54, 1.807) is 18.6 Å². The number of aromatic nitrogens is 2. The average molecular weight is 388 g/mol. The van der Waals surface area contributed by atoms with Crippen molar-refractivity contribution in [3.05, 3.63) is 84.4 Å². The molecular formula is C23H24N4O2. The van der Waals surface area contributed by atoms with E-state index in [0.29, 0.717) is 19.6 Å². The van der Waals surface area contributed by atoms with Crippen molar-refractivity contribution in [3.8, 4) is 11.1 Å². The van der Waals surface area contributed by atoms with Crippen molar-refractivity contribution in [2.75, 3.05) is 19.7 Å². The maximum absolute atomic E-state index is 12.5. The van der Waals surface area contributed by atoms with E-state index in [4.69, 9.17) is 10.5 Å². The van der Waals surface area contributed by atoms with Gasteiger partial charge in [-0.3, -0.25) is 19.7 Å². The van der Waals surface area contributed by atoms with Crippen molar-refractivity contribution < 1.29 is 9.53 Å². The number of benzene rings is 1. The average Bonchev–Trinajstić information content (AvgIpc) is 2.75. The van der Waals surface area contributed by atoms with Crippen LogP contribution in [0.15, 0.2) is 73.3 Å². The molecule has 148 valence electrons. The number of carbonyl (C=O) groups excluding carboxylic acids is 1. The Morgan fingerprint density at radius 2 is 1.86 bits per heavy atom. The number of primary amides is 1. The molecule has 0 spiro atoms. The van der Waals surface area contributed by atoms with E-state index in [2.05, 4.69) is 20.9 Å². The molecule has 3 aromatic rings. The lowest BCUT2D eigenvalue weighted by atomic mass is 9.90. The molecule has 0 saturated carbocycles. The molecule has 0 aliphatic carbocycles. The van der Waals surface area contributed by atoms with Gasteiger partial charge in [0.1, 0.15) is 0 Å². The zero-order valence-corrected chi connectivity index (χ0v) is 16.2. The van der Waals surface area contributed by atoms with E-state index in [0.717, 1.165) is 35.3 Å². The summed E-state index contributed by atoms with van der Waals surface area (Å²) in [5, 5.41) is 0. The van der Waals surface area contributed by atoms with Crippen LogP contribution in [0.2, 0.25) is 0 Å². The van der Waals surface area contributed by atoms with Crippen molar-refractivity contribution in [2.45, 2.75) is 18.6 Å². The lowest BCUT2D eigenvalue weighted by Crippen LogP contribution is -2.59. The van der Waals surface area contributed by atoms with E-state index in [1.807, 2.05) is 48.7 Å². The third-order valence-electron chi connectivity index (χ3n) is 5.28. The summed E-state index contributed by atoms with van der Waals surface area (Å²) < 4.78 is 6.00. The Morgan fingerprint density at radius 3 is 2.62 bits per heavy atom. The molecule has 4 rings (SSSR count). The van der Waals surface area contributed by atoms with Gasteiger partial charge in [0, 0.05) is 50.8 Å². The minimum absolute atomic E-state index is 0.427. The van der Waals surface area contributed by atoms with Crippen LogP contribution in [0, 0.1) is 0 Å². The number of nitrogens with zero attached hydrogens (tertiary/aromatic N) is 3. The molecule has 29 heavy (non-hydrogen) atoms. The standard InChI is InChI=1S/C23H24N4O2/c24-22(28)23(17-27(11-12-29-23)16-18-6-9-25-10-7-18)14-19-3-1-4-20(13-19)21-5-2-8-26-15-21/h1-10,13,15H,11-12,14,16-17H2,(H2,24,28). The van der Waals surface area contributed by atoms with Gasteiger partial charge in [0.05, 0.1) is 6.61 Å².